The second kappa shape index (κ2) is 7.01. The van der Waals surface area contributed by atoms with Crippen molar-refractivity contribution in [2.45, 2.75) is 38.2 Å². The van der Waals surface area contributed by atoms with E-state index in [1.165, 1.54) is 11.3 Å². The maximum absolute atomic E-state index is 13.1. The minimum absolute atomic E-state index is 0.167. The van der Waals surface area contributed by atoms with Crippen LogP contribution < -0.4 is 5.32 Å². The molecule has 0 unspecified atom stereocenters. The van der Waals surface area contributed by atoms with Crippen LogP contribution in [0.15, 0.2) is 11.4 Å². The lowest BCUT2D eigenvalue weighted by molar-refractivity contribution is -0.129. The van der Waals surface area contributed by atoms with Crippen LogP contribution in [0, 0.1) is 17.8 Å². The highest BCUT2D eigenvalue weighted by Crippen LogP contribution is 2.36. The van der Waals surface area contributed by atoms with E-state index < -0.39 is 5.92 Å². The molecular formula is C15H17F2NO2S. The zero-order valence-electron chi connectivity index (χ0n) is 11.5. The Hall–Kier alpha value is -1.45. The number of halogens is 2. The third-order valence-electron chi connectivity index (χ3n) is 3.56. The van der Waals surface area contributed by atoms with Crippen LogP contribution in [0.4, 0.5) is 8.78 Å². The number of hydrogen-bond acceptors (Lipinski definition) is 3. The summed E-state index contributed by atoms with van der Waals surface area (Å²) in [6, 6.07) is 1.83. The molecule has 0 spiro atoms. The molecule has 1 aromatic rings. The van der Waals surface area contributed by atoms with Crippen molar-refractivity contribution in [3.8, 4) is 11.8 Å². The van der Waals surface area contributed by atoms with E-state index in [1.54, 1.807) is 0 Å². The Morgan fingerprint density at radius 2 is 2.19 bits per heavy atom. The Balaban J connectivity index is 1.86. The third-order valence-corrected chi connectivity index (χ3v) is 4.48. The summed E-state index contributed by atoms with van der Waals surface area (Å²) in [4.78, 5) is 12.9. The van der Waals surface area contributed by atoms with Crippen molar-refractivity contribution in [3.05, 3.63) is 21.9 Å². The van der Waals surface area contributed by atoms with E-state index in [-0.39, 0.29) is 44.1 Å². The van der Waals surface area contributed by atoms with E-state index in [0.717, 1.165) is 10.4 Å². The van der Waals surface area contributed by atoms with Gasteiger partial charge in [0.2, 0.25) is 11.8 Å². The summed E-state index contributed by atoms with van der Waals surface area (Å²) in [5.74, 6) is 2.28. The molecule has 2 rings (SSSR count). The molecule has 1 heterocycles. The largest absolute Gasteiger partial charge is 0.384 e. The molecule has 114 valence electrons. The Labute approximate surface area is 126 Å². The highest BCUT2D eigenvalue weighted by Gasteiger charge is 2.37. The Kier molecular flexibility index (Phi) is 5.32. The predicted octanol–water partition coefficient (Wildman–Crippen LogP) is 2.53. The molecule has 0 aliphatic heterocycles. The van der Waals surface area contributed by atoms with Crippen molar-refractivity contribution >= 4 is 17.2 Å². The Morgan fingerprint density at radius 1 is 1.48 bits per heavy atom. The van der Waals surface area contributed by atoms with Crippen LogP contribution in [-0.4, -0.2) is 23.5 Å². The first-order valence-electron chi connectivity index (χ1n) is 6.83. The number of amides is 1. The van der Waals surface area contributed by atoms with E-state index in [1.807, 2.05) is 11.4 Å². The van der Waals surface area contributed by atoms with Crippen molar-refractivity contribution in [3.63, 3.8) is 0 Å². The maximum atomic E-state index is 13.1. The van der Waals surface area contributed by atoms with Crippen LogP contribution in [0.25, 0.3) is 0 Å². The first-order chi connectivity index (χ1) is 10.0. The van der Waals surface area contributed by atoms with Crippen LogP contribution in [0.1, 0.15) is 36.1 Å². The van der Waals surface area contributed by atoms with Gasteiger partial charge in [0.25, 0.3) is 0 Å². The van der Waals surface area contributed by atoms with Gasteiger partial charge in [-0.15, -0.1) is 11.3 Å². The van der Waals surface area contributed by atoms with Crippen molar-refractivity contribution in [1.29, 1.82) is 0 Å². The molecule has 1 aliphatic rings. The van der Waals surface area contributed by atoms with Crippen molar-refractivity contribution in [2.24, 2.45) is 5.92 Å². The topological polar surface area (TPSA) is 49.3 Å². The summed E-state index contributed by atoms with van der Waals surface area (Å²) in [5, 5.41) is 13.3. The number of carbonyl (C=O) groups excluding carboxylic acids is 1. The highest BCUT2D eigenvalue weighted by molar-refractivity contribution is 7.10. The smallest absolute Gasteiger partial charge is 0.248 e. The van der Waals surface area contributed by atoms with Crippen LogP contribution >= 0.6 is 11.3 Å². The molecule has 3 nitrogen and oxygen atoms in total. The summed E-state index contributed by atoms with van der Waals surface area (Å²) in [6.07, 6.45) is 0.0511. The average Bonchev–Trinajstić information content (AvgIpc) is 2.90. The van der Waals surface area contributed by atoms with E-state index in [9.17, 15) is 13.6 Å². The van der Waals surface area contributed by atoms with Gasteiger partial charge in [0.15, 0.2) is 0 Å². The molecule has 6 heteroatoms. The number of alkyl halides is 2. The minimum Gasteiger partial charge on any atom is -0.384 e. The van der Waals surface area contributed by atoms with Gasteiger partial charge in [0, 0.05) is 29.2 Å². The SMILES string of the molecule is O=C(NCc1sccc1C#CCO)C1CCC(F)(F)CC1. The number of rotatable bonds is 3. The Bertz CT molecular complexity index is 550. The molecule has 1 fully saturated rings. The summed E-state index contributed by atoms with van der Waals surface area (Å²) >= 11 is 1.47. The van der Waals surface area contributed by atoms with Gasteiger partial charge in [-0.25, -0.2) is 8.78 Å². The van der Waals surface area contributed by atoms with Gasteiger partial charge in [0.1, 0.15) is 6.61 Å². The lowest BCUT2D eigenvalue weighted by Gasteiger charge is -2.27. The number of thiophene rings is 1. The monoisotopic (exact) mass is 313 g/mol. The maximum Gasteiger partial charge on any atom is 0.248 e. The molecule has 1 aliphatic carbocycles. The molecule has 0 aromatic carbocycles. The first kappa shape index (κ1) is 15.9. The predicted molar refractivity (Wildman–Crippen MR) is 77.0 cm³/mol. The molecule has 0 atom stereocenters. The van der Waals surface area contributed by atoms with Gasteiger partial charge in [0.05, 0.1) is 6.54 Å². The number of aliphatic hydroxyl groups is 1. The minimum atomic E-state index is -2.61. The molecule has 21 heavy (non-hydrogen) atoms. The van der Waals surface area contributed by atoms with Crippen LogP contribution in [0.5, 0.6) is 0 Å². The molecule has 1 saturated carbocycles. The van der Waals surface area contributed by atoms with Crippen LogP contribution in [-0.2, 0) is 11.3 Å². The van der Waals surface area contributed by atoms with Gasteiger partial charge < -0.3 is 10.4 Å². The third kappa shape index (κ3) is 4.51. The van der Waals surface area contributed by atoms with Crippen LogP contribution in [0.3, 0.4) is 0 Å². The second-order valence-electron chi connectivity index (χ2n) is 5.07. The van der Waals surface area contributed by atoms with Gasteiger partial charge in [-0.2, -0.15) is 0 Å². The van der Waals surface area contributed by atoms with Crippen LogP contribution in [0.2, 0.25) is 0 Å². The van der Waals surface area contributed by atoms with E-state index >= 15 is 0 Å². The molecule has 0 bridgehead atoms. The normalized spacial score (nSPS) is 17.9. The number of aliphatic hydroxyl groups excluding tert-OH is 1. The number of carbonyl (C=O) groups is 1. The van der Waals surface area contributed by atoms with E-state index in [4.69, 9.17) is 5.11 Å². The molecule has 1 aromatic heterocycles. The second-order valence-corrected chi connectivity index (χ2v) is 6.07. The standard InChI is InChI=1S/C15H17F2NO2S/c16-15(17)6-3-12(4-7-15)14(20)18-10-13-11(2-1-8-19)5-9-21-13/h5,9,12,19H,3-4,6-8,10H2,(H,18,20). The summed E-state index contributed by atoms with van der Waals surface area (Å²) in [6.45, 7) is 0.136. The summed E-state index contributed by atoms with van der Waals surface area (Å²) < 4.78 is 26.1. The highest BCUT2D eigenvalue weighted by atomic mass is 32.1. The first-order valence-corrected chi connectivity index (χ1v) is 7.71. The zero-order chi connectivity index (χ0) is 15.3. The van der Waals surface area contributed by atoms with Gasteiger partial charge in [-0.05, 0) is 24.3 Å². The lowest BCUT2D eigenvalue weighted by Crippen LogP contribution is -2.35. The van der Waals surface area contributed by atoms with Gasteiger partial charge in [-0.3, -0.25) is 4.79 Å². The number of nitrogens with one attached hydrogen (secondary N) is 1. The zero-order valence-corrected chi connectivity index (χ0v) is 12.3. The molecule has 2 N–H and O–H groups in total. The molecule has 0 radical (unpaired) electrons. The van der Waals surface area contributed by atoms with Crippen molar-refractivity contribution < 1.29 is 18.7 Å². The summed E-state index contributed by atoms with van der Waals surface area (Å²) in [5.41, 5.74) is 0.782. The van der Waals surface area contributed by atoms with E-state index in [0.29, 0.717) is 6.54 Å². The average molecular weight is 313 g/mol. The fourth-order valence-corrected chi connectivity index (χ4v) is 3.11. The van der Waals surface area contributed by atoms with Gasteiger partial charge in [-0.1, -0.05) is 11.8 Å². The Morgan fingerprint density at radius 3 is 2.86 bits per heavy atom. The number of hydrogen-bond donors (Lipinski definition) is 2. The molecular weight excluding hydrogens is 296 g/mol. The lowest BCUT2D eigenvalue weighted by atomic mass is 9.86. The van der Waals surface area contributed by atoms with Crippen molar-refractivity contribution in [2.75, 3.05) is 6.61 Å². The molecule has 1 amide bonds. The van der Waals surface area contributed by atoms with Gasteiger partial charge >= 0.3 is 0 Å². The quantitative estimate of drug-likeness (QED) is 0.843. The molecule has 0 saturated heterocycles. The fraction of sp³-hybridized carbons (Fsp3) is 0.533. The van der Waals surface area contributed by atoms with E-state index in [2.05, 4.69) is 17.2 Å². The summed E-state index contributed by atoms with van der Waals surface area (Å²) in [7, 11) is 0. The fourth-order valence-electron chi connectivity index (χ4n) is 2.34. The van der Waals surface area contributed by atoms with Crippen molar-refractivity contribution in [1.82, 2.24) is 5.32 Å².